The summed E-state index contributed by atoms with van der Waals surface area (Å²) in [5.74, 6) is -0.701. The predicted molar refractivity (Wildman–Crippen MR) is 135 cm³/mol. The van der Waals surface area contributed by atoms with E-state index in [0.29, 0.717) is 47.6 Å². The molecule has 11 heteroatoms. The Bertz CT molecular complexity index is 1330. The summed E-state index contributed by atoms with van der Waals surface area (Å²) < 4.78 is 19.4. The maximum Gasteiger partial charge on any atom is 0.254 e. The van der Waals surface area contributed by atoms with Crippen molar-refractivity contribution in [3.05, 3.63) is 70.4 Å². The monoisotopic (exact) mass is 524 g/mol. The van der Waals surface area contributed by atoms with Crippen molar-refractivity contribution in [1.29, 1.82) is 0 Å². The molecule has 4 heterocycles. The molecule has 192 valence electrons. The number of nitrogens with one attached hydrogen (secondary N) is 2. The Hall–Kier alpha value is -3.63. The quantitative estimate of drug-likeness (QED) is 0.484. The van der Waals surface area contributed by atoms with E-state index in [9.17, 15) is 14.0 Å². The molecule has 37 heavy (non-hydrogen) atoms. The first kappa shape index (κ1) is 25.0. The third-order valence-electron chi connectivity index (χ3n) is 6.47. The zero-order valence-electron chi connectivity index (χ0n) is 20.2. The Morgan fingerprint density at radius 1 is 1.27 bits per heavy atom. The number of carbonyl (C=O) groups is 2. The second kappa shape index (κ2) is 10.8. The van der Waals surface area contributed by atoms with Crippen LogP contribution in [0.4, 0.5) is 10.3 Å². The van der Waals surface area contributed by atoms with E-state index in [0.717, 1.165) is 18.4 Å². The third-order valence-corrected chi connectivity index (χ3v) is 6.75. The average molecular weight is 525 g/mol. The smallest absolute Gasteiger partial charge is 0.254 e. The van der Waals surface area contributed by atoms with Crippen molar-refractivity contribution in [2.75, 3.05) is 25.1 Å². The zero-order valence-corrected chi connectivity index (χ0v) is 21.0. The number of halogens is 2. The lowest BCUT2D eigenvalue weighted by atomic mass is 10.0. The molecule has 0 radical (unpaired) electrons. The van der Waals surface area contributed by atoms with Gasteiger partial charge < -0.3 is 20.3 Å². The molecule has 1 fully saturated rings. The van der Waals surface area contributed by atoms with Crippen LogP contribution in [0.15, 0.2) is 42.7 Å². The second-order valence-electron chi connectivity index (χ2n) is 9.11. The van der Waals surface area contributed by atoms with Gasteiger partial charge in [-0.3, -0.25) is 14.6 Å². The van der Waals surface area contributed by atoms with Crippen LogP contribution in [0.3, 0.4) is 0 Å². The summed E-state index contributed by atoms with van der Waals surface area (Å²) in [6.07, 6.45) is 4.75. The van der Waals surface area contributed by atoms with Gasteiger partial charge in [0.2, 0.25) is 11.9 Å². The summed E-state index contributed by atoms with van der Waals surface area (Å²) in [6, 6.07) is 7.81. The molecular weight excluding hydrogens is 499 g/mol. The van der Waals surface area contributed by atoms with Gasteiger partial charge in [0.15, 0.2) is 0 Å². The number of fused-ring (bicyclic) bond motifs is 1. The van der Waals surface area contributed by atoms with Gasteiger partial charge in [0.05, 0.1) is 28.6 Å². The van der Waals surface area contributed by atoms with E-state index in [4.69, 9.17) is 16.3 Å². The minimum atomic E-state index is -0.635. The van der Waals surface area contributed by atoms with Crippen LogP contribution in [0.5, 0.6) is 0 Å². The number of hydrogen-bond donors (Lipinski definition) is 2. The molecule has 5 rings (SSSR count). The van der Waals surface area contributed by atoms with E-state index in [1.807, 2.05) is 12.1 Å². The molecule has 0 aliphatic carbocycles. The predicted octanol–water partition coefficient (Wildman–Crippen LogP) is 3.76. The van der Waals surface area contributed by atoms with Gasteiger partial charge in [0.1, 0.15) is 12.4 Å². The summed E-state index contributed by atoms with van der Waals surface area (Å²) in [6.45, 7) is 3.17. The zero-order chi connectivity index (χ0) is 25.9. The van der Waals surface area contributed by atoms with E-state index >= 15 is 0 Å². The number of carbonyl (C=O) groups excluding carboxylic acids is 2. The number of pyridine rings is 1. The average Bonchev–Trinajstić information content (AvgIpc) is 3.20. The number of ether oxygens (including phenoxy) is 1. The summed E-state index contributed by atoms with van der Waals surface area (Å²) >= 11 is 6.42. The summed E-state index contributed by atoms with van der Waals surface area (Å²) in [5.41, 5.74) is 2.63. The van der Waals surface area contributed by atoms with Gasteiger partial charge in [0.25, 0.3) is 5.91 Å². The maximum atomic E-state index is 14.0. The van der Waals surface area contributed by atoms with Gasteiger partial charge in [-0.1, -0.05) is 23.7 Å². The topological polar surface area (TPSA) is 109 Å². The molecule has 0 unspecified atom stereocenters. The largest absolute Gasteiger partial charge is 0.381 e. The van der Waals surface area contributed by atoms with Crippen LogP contribution in [0.2, 0.25) is 5.02 Å². The molecule has 1 aromatic carbocycles. The normalized spacial score (nSPS) is 16.4. The standard InChI is InChI=1S/C26H26ClFN6O3/c1-15(23-21(28)3-2-8-29-23)31-22(35)14-34-13-17-5-4-16(11-19(17)25(34)36)24-20(27)12-30-26(33-24)32-18-6-9-37-10-7-18/h2-5,8,11-12,15,18H,6-7,9-10,13-14H2,1H3,(H,31,35)(H,30,32,33)/t15-/m1/s1. The van der Waals surface area contributed by atoms with Gasteiger partial charge in [-0.15, -0.1) is 0 Å². The molecule has 0 spiro atoms. The van der Waals surface area contributed by atoms with Gasteiger partial charge >= 0.3 is 0 Å². The molecule has 9 nitrogen and oxygen atoms in total. The highest BCUT2D eigenvalue weighted by atomic mass is 35.5. The molecule has 2 aliphatic rings. The molecule has 2 aromatic heterocycles. The molecule has 2 amide bonds. The van der Waals surface area contributed by atoms with Crippen LogP contribution in [0.1, 0.15) is 47.4 Å². The summed E-state index contributed by atoms with van der Waals surface area (Å²) in [7, 11) is 0. The van der Waals surface area contributed by atoms with Crippen LogP contribution < -0.4 is 10.6 Å². The molecule has 3 aromatic rings. The number of nitrogens with zero attached hydrogens (tertiary/aromatic N) is 4. The first-order valence-corrected chi connectivity index (χ1v) is 12.5. The molecule has 2 N–H and O–H groups in total. The first-order valence-electron chi connectivity index (χ1n) is 12.1. The van der Waals surface area contributed by atoms with E-state index in [2.05, 4.69) is 25.6 Å². The fourth-order valence-corrected chi connectivity index (χ4v) is 4.75. The second-order valence-corrected chi connectivity index (χ2v) is 9.52. The lowest BCUT2D eigenvalue weighted by Crippen LogP contribution is -2.38. The molecule has 2 aliphatic heterocycles. The van der Waals surface area contributed by atoms with Crippen LogP contribution in [-0.4, -0.2) is 57.5 Å². The first-order chi connectivity index (χ1) is 17.9. The van der Waals surface area contributed by atoms with Crippen molar-refractivity contribution in [2.45, 2.75) is 38.4 Å². The van der Waals surface area contributed by atoms with Crippen molar-refractivity contribution >= 4 is 29.4 Å². The van der Waals surface area contributed by atoms with Gasteiger partial charge in [-0.2, -0.15) is 0 Å². The SMILES string of the molecule is C[C@@H](NC(=O)CN1Cc2ccc(-c3nc(NC4CCOCC4)ncc3Cl)cc2C1=O)c1ncccc1F. The lowest BCUT2D eigenvalue weighted by Gasteiger charge is -2.23. The number of amides is 2. The Morgan fingerprint density at radius 2 is 2.08 bits per heavy atom. The van der Waals surface area contributed by atoms with Crippen molar-refractivity contribution < 1.29 is 18.7 Å². The van der Waals surface area contributed by atoms with Crippen molar-refractivity contribution in [1.82, 2.24) is 25.2 Å². The summed E-state index contributed by atoms with van der Waals surface area (Å²) in [5, 5.41) is 6.41. The van der Waals surface area contributed by atoms with Gasteiger partial charge in [-0.25, -0.2) is 14.4 Å². The van der Waals surface area contributed by atoms with E-state index < -0.39 is 17.8 Å². The van der Waals surface area contributed by atoms with Crippen molar-refractivity contribution in [3.8, 4) is 11.3 Å². The molecule has 1 saturated heterocycles. The van der Waals surface area contributed by atoms with Crippen LogP contribution >= 0.6 is 11.6 Å². The Kier molecular flexibility index (Phi) is 7.29. The molecular formula is C26H26ClFN6O3. The van der Waals surface area contributed by atoms with Crippen molar-refractivity contribution in [3.63, 3.8) is 0 Å². The lowest BCUT2D eigenvalue weighted by molar-refractivity contribution is -0.122. The minimum Gasteiger partial charge on any atom is -0.381 e. The third kappa shape index (κ3) is 5.55. The fraction of sp³-hybridized carbons (Fsp3) is 0.346. The number of anilines is 1. The maximum absolute atomic E-state index is 14.0. The van der Waals surface area contributed by atoms with Crippen molar-refractivity contribution in [2.24, 2.45) is 0 Å². The van der Waals surface area contributed by atoms with E-state index in [-0.39, 0.29) is 24.2 Å². The fourth-order valence-electron chi connectivity index (χ4n) is 4.55. The van der Waals surface area contributed by atoms with Crippen LogP contribution in [-0.2, 0) is 16.1 Å². The van der Waals surface area contributed by atoms with Gasteiger partial charge in [0, 0.05) is 43.1 Å². The number of benzene rings is 1. The highest BCUT2D eigenvalue weighted by molar-refractivity contribution is 6.33. The summed E-state index contributed by atoms with van der Waals surface area (Å²) in [4.78, 5) is 40.1. The van der Waals surface area contributed by atoms with Gasteiger partial charge in [-0.05, 0) is 43.5 Å². The van der Waals surface area contributed by atoms with E-state index in [1.54, 1.807) is 19.2 Å². The Balaban J connectivity index is 1.27. The Morgan fingerprint density at radius 3 is 2.86 bits per heavy atom. The number of rotatable bonds is 7. The highest BCUT2D eigenvalue weighted by Crippen LogP contribution is 2.31. The molecule has 1 atom stereocenters. The highest BCUT2D eigenvalue weighted by Gasteiger charge is 2.30. The van der Waals surface area contributed by atoms with Crippen LogP contribution in [0.25, 0.3) is 11.3 Å². The number of hydrogen-bond acceptors (Lipinski definition) is 7. The van der Waals surface area contributed by atoms with E-state index in [1.165, 1.54) is 23.2 Å². The number of aromatic nitrogens is 3. The minimum absolute atomic E-state index is 0.143. The Labute approximate surface area is 218 Å². The van der Waals surface area contributed by atoms with Crippen LogP contribution in [0, 0.1) is 5.82 Å². The molecule has 0 bridgehead atoms. The molecule has 0 saturated carbocycles.